The van der Waals surface area contributed by atoms with Gasteiger partial charge in [-0.05, 0) is 23.9 Å². The molecule has 10 nitrogen and oxygen atoms in total. The number of imide groups is 1. The SMILES string of the molecule is COc1ccc([N+](=O)[O-])cc1/C=C1/SC(=O)N(Cc2ccccc2[N+](=O)[O-])C1=O. The molecule has 1 aliphatic heterocycles. The summed E-state index contributed by atoms with van der Waals surface area (Å²) in [5.74, 6) is -0.354. The summed E-state index contributed by atoms with van der Waals surface area (Å²) in [7, 11) is 1.37. The lowest BCUT2D eigenvalue weighted by Crippen LogP contribution is -2.27. The van der Waals surface area contributed by atoms with Gasteiger partial charge in [-0.15, -0.1) is 0 Å². The number of nitro benzene ring substituents is 2. The smallest absolute Gasteiger partial charge is 0.293 e. The van der Waals surface area contributed by atoms with Crippen LogP contribution in [-0.2, 0) is 11.3 Å². The van der Waals surface area contributed by atoms with Crippen LogP contribution in [0.2, 0.25) is 0 Å². The predicted octanol–water partition coefficient (Wildman–Crippen LogP) is 3.75. The van der Waals surface area contributed by atoms with Gasteiger partial charge in [-0.1, -0.05) is 18.2 Å². The number of rotatable bonds is 6. The predicted molar refractivity (Wildman–Crippen MR) is 104 cm³/mol. The van der Waals surface area contributed by atoms with Crippen LogP contribution in [0.25, 0.3) is 6.08 Å². The summed E-state index contributed by atoms with van der Waals surface area (Å²) >= 11 is 0.647. The molecule has 1 heterocycles. The minimum atomic E-state index is -0.647. The van der Waals surface area contributed by atoms with E-state index in [-0.39, 0.29) is 34.0 Å². The number of methoxy groups -OCH3 is 1. The molecule has 148 valence electrons. The molecule has 2 aromatic rings. The van der Waals surface area contributed by atoms with Gasteiger partial charge < -0.3 is 4.74 Å². The molecule has 0 unspecified atom stereocenters. The van der Waals surface area contributed by atoms with E-state index in [1.54, 1.807) is 6.07 Å². The fraction of sp³-hybridized carbons (Fsp3) is 0.111. The van der Waals surface area contributed by atoms with Crippen molar-refractivity contribution >= 4 is 40.4 Å². The van der Waals surface area contributed by atoms with Gasteiger partial charge >= 0.3 is 0 Å². The minimum Gasteiger partial charge on any atom is -0.496 e. The Morgan fingerprint density at radius 3 is 2.48 bits per heavy atom. The summed E-state index contributed by atoms with van der Waals surface area (Å²) in [4.78, 5) is 46.9. The standard InChI is InChI=1S/C18H13N3O7S/c1-28-15-7-6-13(20(24)25)8-12(15)9-16-17(22)19(18(23)29-16)10-11-4-2-3-5-14(11)21(26)27/h2-9H,10H2,1H3/b16-9+. The highest BCUT2D eigenvalue weighted by Crippen LogP contribution is 2.36. The van der Waals surface area contributed by atoms with Gasteiger partial charge in [0.2, 0.25) is 0 Å². The van der Waals surface area contributed by atoms with E-state index < -0.39 is 21.0 Å². The first-order valence-corrected chi connectivity index (χ1v) is 8.93. The third kappa shape index (κ3) is 4.09. The average Bonchev–Trinajstić information content (AvgIpc) is 2.95. The number of non-ortho nitro benzene ring substituents is 1. The first kappa shape index (κ1) is 20.0. The number of para-hydroxylation sites is 1. The molecule has 0 spiro atoms. The van der Waals surface area contributed by atoms with Crippen molar-refractivity contribution in [2.45, 2.75) is 6.54 Å². The zero-order valence-corrected chi connectivity index (χ0v) is 15.8. The van der Waals surface area contributed by atoms with Gasteiger partial charge in [-0.25, -0.2) is 0 Å². The monoisotopic (exact) mass is 415 g/mol. The van der Waals surface area contributed by atoms with Gasteiger partial charge in [0.05, 0.1) is 28.4 Å². The quantitative estimate of drug-likeness (QED) is 0.396. The second kappa shape index (κ2) is 8.10. The van der Waals surface area contributed by atoms with Crippen molar-refractivity contribution in [3.05, 3.63) is 78.7 Å². The minimum absolute atomic E-state index is 0.0346. The highest BCUT2D eigenvalue weighted by molar-refractivity contribution is 8.18. The van der Waals surface area contributed by atoms with Crippen LogP contribution in [0.4, 0.5) is 16.2 Å². The molecule has 11 heteroatoms. The van der Waals surface area contributed by atoms with Crippen LogP contribution in [0.15, 0.2) is 47.4 Å². The molecule has 3 rings (SSSR count). The number of nitrogens with zero attached hydrogens (tertiary/aromatic N) is 3. The maximum atomic E-state index is 12.7. The highest BCUT2D eigenvalue weighted by Gasteiger charge is 2.36. The molecule has 0 radical (unpaired) electrons. The van der Waals surface area contributed by atoms with E-state index in [1.807, 2.05) is 0 Å². The number of nitro groups is 2. The zero-order valence-electron chi connectivity index (χ0n) is 14.9. The van der Waals surface area contributed by atoms with Crippen LogP contribution in [0.1, 0.15) is 11.1 Å². The van der Waals surface area contributed by atoms with Crippen LogP contribution in [0.3, 0.4) is 0 Å². The summed E-state index contributed by atoms with van der Waals surface area (Å²) in [6, 6.07) is 9.70. The number of carbonyl (C=O) groups is 2. The molecule has 0 atom stereocenters. The molecule has 1 saturated heterocycles. The Bertz CT molecular complexity index is 1070. The van der Waals surface area contributed by atoms with Crippen molar-refractivity contribution in [3.63, 3.8) is 0 Å². The summed E-state index contributed by atoms with van der Waals surface area (Å²) in [5, 5.41) is 21.6. The summed E-state index contributed by atoms with van der Waals surface area (Å²) in [6.07, 6.45) is 1.33. The average molecular weight is 415 g/mol. The van der Waals surface area contributed by atoms with E-state index >= 15 is 0 Å². The van der Waals surface area contributed by atoms with E-state index in [4.69, 9.17) is 4.74 Å². The fourth-order valence-corrected chi connectivity index (χ4v) is 3.55. The molecule has 0 N–H and O–H groups in total. The van der Waals surface area contributed by atoms with Gasteiger partial charge in [0.1, 0.15) is 5.75 Å². The van der Waals surface area contributed by atoms with E-state index in [0.717, 1.165) is 4.90 Å². The number of hydrogen-bond donors (Lipinski definition) is 0. The number of thioether (sulfide) groups is 1. The van der Waals surface area contributed by atoms with Crippen LogP contribution in [0.5, 0.6) is 5.75 Å². The molecular formula is C18H13N3O7S. The molecule has 0 saturated carbocycles. The first-order valence-electron chi connectivity index (χ1n) is 8.12. The Hall–Kier alpha value is -3.73. The van der Waals surface area contributed by atoms with E-state index in [9.17, 15) is 29.8 Å². The molecule has 2 amide bonds. The van der Waals surface area contributed by atoms with Crippen molar-refractivity contribution in [2.75, 3.05) is 7.11 Å². The second-order valence-corrected chi connectivity index (χ2v) is 6.83. The summed E-state index contributed by atoms with van der Waals surface area (Å²) < 4.78 is 5.16. The summed E-state index contributed by atoms with van der Waals surface area (Å²) in [5.41, 5.74) is 0.0824. The van der Waals surface area contributed by atoms with Gasteiger partial charge in [-0.3, -0.25) is 34.7 Å². The lowest BCUT2D eigenvalue weighted by Gasteiger charge is -2.12. The number of benzene rings is 2. The lowest BCUT2D eigenvalue weighted by molar-refractivity contribution is -0.385. The maximum absolute atomic E-state index is 12.7. The Balaban J connectivity index is 1.93. The van der Waals surface area contributed by atoms with Gasteiger partial charge in [0.15, 0.2) is 0 Å². The number of amides is 2. The number of carbonyl (C=O) groups excluding carboxylic acids is 2. The van der Waals surface area contributed by atoms with Crippen molar-refractivity contribution in [1.82, 2.24) is 4.90 Å². The normalized spacial score (nSPS) is 15.1. The Labute approximate surface area is 168 Å². The number of ether oxygens (including phenoxy) is 1. The molecule has 29 heavy (non-hydrogen) atoms. The fourth-order valence-electron chi connectivity index (χ4n) is 2.72. The second-order valence-electron chi connectivity index (χ2n) is 5.84. The molecule has 2 aromatic carbocycles. The van der Waals surface area contributed by atoms with Gasteiger partial charge in [0, 0.05) is 29.3 Å². The molecular weight excluding hydrogens is 402 g/mol. The first-order chi connectivity index (χ1) is 13.8. The largest absolute Gasteiger partial charge is 0.496 e. The molecule has 1 fully saturated rings. The van der Waals surface area contributed by atoms with Gasteiger partial charge in [-0.2, -0.15) is 0 Å². The third-order valence-corrected chi connectivity index (χ3v) is 5.01. The topological polar surface area (TPSA) is 133 Å². The van der Waals surface area contributed by atoms with Crippen LogP contribution in [0, 0.1) is 20.2 Å². The molecule has 0 aliphatic carbocycles. The Morgan fingerprint density at radius 1 is 1.10 bits per heavy atom. The van der Waals surface area contributed by atoms with Crippen molar-refractivity contribution < 1.29 is 24.2 Å². The molecule has 1 aliphatic rings. The Morgan fingerprint density at radius 2 is 1.83 bits per heavy atom. The van der Waals surface area contributed by atoms with Crippen molar-refractivity contribution in [3.8, 4) is 5.75 Å². The lowest BCUT2D eigenvalue weighted by atomic mass is 10.1. The van der Waals surface area contributed by atoms with Gasteiger partial charge in [0.25, 0.3) is 22.5 Å². The van der Waals surface area contributed by atoms with Crippen molar-refractivity contribution in [2.24, 2.45) is 0 Å². The van der Waals surface area contributed by atoms with E-state index in [2.05, 4.69) is 0 Å². The number of hydrogen-bond acceptors (Lipinski definition) is 8. The Kier molecular flexibility index (Phi) is 5.59. The van der Waals surface area contributed by atoms with Crippen LogP contribution < -0.4 is 4.74 Å². The maximum Gasteiger partial charge on any atom is 0.293 e. The summed E-state index contributed by atoms with van der Waals surface area (Å²) in [6.45, 7) is -0.259. The van der Waals surface area contributed by atoms with E-state index in [1.165, 1.54) is 49.6 Å². The third-order valence-electron chi connectivity index (χ3n) is 4.10. The van der Waals surface area contributed by atoms with Crippen LogP contribution >= 0.6 is 11.8 Å². The van der Waals surface area contributed by atoms with Crippen molar-refractivity contribution in [1.29, 1.82) is 0 Å². The zero-order chi connectivity index (χ0) is 21.1. The highest BCUT2D eigenvalue weighted by atomic mass is 32.2. The molecule has 0 bridgehead atoms. The van der Waals surface area contributed by atoms with E-state index in [0.29, 0.717) is 17.5 Å². The molecule has 0 aromatic heterocycles. The van der Waals surface area contributed by atoms with Crippen LogP contribution in [-0.4, -0.2) is 33.0 Å².